The monoisotopic (exact) mass is 491 g/mol. The van der Waals surface area contributed by atoms with Crippen LogP contribution in [0.25, 0.3) is 0 Å². The van der Waals surface area contributed by atoms with E-state index in [-0.39, 0.29) is 29.8 Å². The van der Waals surface area contributed by atoms with Gasteiger partial charge < -0.3 is 9.64 Å². The van der Waals surface area contributed by atoms with E-state index in [9.17, 15) is 22.4 Å². The van der Waals surface area contributed by atoms with Crippen LogP contribution in [0.4, 0.5) is 25.5 Å². The number of para-hydroxylation sites is 1. The number of carbonyl (C=O) groups excluding carboxylic acids is 2. The Hall–Kier alpha value is -3.28. The van der Waals surface area contributed by atoms with Crippen LogP contribution in [0.3, 0.4) is 0 Å². The Balaban J connectivity index is 1.71. The average Bonchev–Trinajstić information content (AvgIpc) is 2.74. The van der Waals surface area contributed by atoms with Crippen molar-refractivity contribution in [1.82, 2.24) is 14.9 Å². The fraction of sp³-hybridized carbons (Fsp3) is 0.455. The van der Waals surface area contributed by atoms with Crippen molar-refractivity contribution >= 4 is 33.5 Å². The number of anilines is 2. The van der Waals surface area contributed by atoms with Gasteiger partial charge in [-0.1, -0.05) is 12.1 Å². The number of ether oxygens (including phenoxy) is 1. The highest BCUT2D eigenvalue weighted by Crippen LogP contribution is 2.42. The predicted molar refractivity (Wildman–Crippen MR) is 122 cm³/mol. The first kappa shape index (κ1) is 23.9. The van der Waals surface area contributed by atoms with Gasteiger partial charge in [0.05, 0.1) is 18.3 Å². The fourth-order valence-electron chi connectivity index (χ4n) is 4.17. The third-order valence-corrected chi connectivity index (χ3v) is 6.47. The molecule has 0 saturated carbocycles. The highest BCUT2D eigenvalue weighted by atomic mass is 32.2. The number of nitrogens with zero attached hydrogens (tertiary/aromatic N) is 5. The molecule has 0 aliphatic carbocycles. The number of hydrogen-bond acceptors (Lipinski definition) is 7. The molecule has 0 saturated heterocycles. The third-order valence-electron chi connectivity index (χ3n) is 5.61. The van der Waals surface area contributed by atoms with Crippen molar-refractivity contribution in [2.75, 3.05) is 29.6 Å². The molecule has 34 heavy (non-hydrogen) atoms. The number of urea groups is 1. The van der Waals surface area contributed by atoms with Crippen molar-refractivity contribution in [3.63, 3.8) is 0 Å². The predicted octanol–water partition coefficient (Wildman–Crippen LogP) is 3.28. The Bertz CT molecular complexity index is 1280. The van der Waals surface area contributed by atoms with Crippen molar-refractivity contribution < 1.29 is 27.1 Å². The summed E-state index contributed by atoms with van der Waals surface area (Å²) < 4.78 is 44.1. The molecule has 1 atom stereocenters. The lowest BCUT2D eigenvalue weighted by Crippen LogP contribution is -2.50. The molecular formula is C22H26FN5O5S. The standard InChI is InChI=1S/C22H26FN5O5S/c1-22(2,3)33-21(30)27-10-9-16(14-7-6-8-15(23)17(14)27)28-12-13-11-24-19(34(5,31)32)25-18(13)26(4)20(28)29/h6-8,11,16H,9-10,12H2,1-5H3. The number of benzene rings is 1. The quantitative estimate of drug-likeness (QED) is 0.593. The summed E-state index contributed by atoms with van der Waals surface area (Å²) in [5, 5.41) is -0.363. The molecule has 3 amide bonds. The van der Waals surface area contributed by atoms with E-state index in [2.05, 4.69) is 9.97 Å². The number of hydrogen-bond donors (Lipinski definition) is 0. The molecule has 0 N–H and O–H groups in total. The molecule has 1 aromatic carbocycles. The van der Waals surface area contributed by atoms with Gasteiger partial charge in [-0.05, 0) is 33.3 Å². The summed E-state index contributed by atoms with van der Waals surface area (Å²) in [4.78, 5) is 38.2. The zero-order valence-electron chi connectivity index (χ0n) is 19.6. The molecule has 2 aliphatic heterocycles. The van der Waals surface area contributed by atoms with Crippen molar-refractivity contribution in [3.05, 3.63) is 41.3 Å². The molecule has 10 nitrogen and oxygen atoms in total. The van der Waals surface area contributed by atoms with Gasteiger partial charge in [0.2, 0.25) is 15.0 Å². The molecular weight excluding hydrogens is 465 g/mol. The molecule has 0 spiro atoms. The Morgan fingerprint density at radius 2 is 1.97 bits per heavy atom. The van der Waals surface area contributed by atoms with Crippen molar-refractivity contribution in [1.29, 1.82) is 0 Å². The first-order chi connectivity index (χ1) is 15.8. The van der Waals surface area contributed by atoms with Gasteiger partial charge in [0.15, 0.2) is 0 Å². The second-order valence-corrected chi connectivity index (χ2v) is 11.3. The molecule has 0 bridgehead atoms. The van der Waals surface area contributed by atoms with Gasteiger partial charge in [0.25, 0.3) is 0 Å². The van der Waals surface area contributed by atoms with Crippen LogP contribution < -0.4 is 9.80 Å². The zero-order chi connectivity index (χ0) is 25.0. The molecule has 0 fully saturated rings. The van der Waals surface area contributed by atoms with Crippen LogP contribution in [0.1, 0.15) is 44.4 Å². The largest absolute Gasteiger partial charge is 0.443 e. The maximum atomic E-state index is 15.0. The molecule has 3 heterocycles. The van der Waals surface area contributed by atoms with Crippen LogP contribution in [0.15, 0.2) is 29.6 Å². The topological polar surface area (TPSA) is 113 Å². The summed E-state index contributed by atoms with van der Waals surface area (Å²) in [7, 11) is -2.15. The van der Waals surface area contributed by atoms with E-state index in [0.717, 1.165) is 6.26 Å². The molecule has 0 radical (unpaired) electrons. The normalized spacial score (nSPS) is 18.5. The minimum absolute atomic E-state index is 0.0814. The van der Waals surface area contributed by atoms with Gasteiger partial charge in [0, 0.05) is 37.2 Å². The van der Waals surface area contributed by atoms with Gasteiger partial charge in [-0.15, -0.1) is 0 Å². The van der Waals surface area contributed by atoms with E-state index in [0.29, 0.717) is 17.5 Å². The number of halogens is 1. The number of amides is 3. The Morgan fingerprint density at radius 3 is 2.62 bits per heavy atom. The van der Waals surface area contributed by atoms with Gasteiger partial charge in [-0.3, -0.25) is 9.80 Å². The van der Waals surface area contributed by atoms with Crippen molar-refractivity contribution in [3.8, 4) is 0 Å². The summed E-state index contributed by atoms with van der Waals surface area (Å²) in [5.74, 6) is -0.380. The number of carbonyl (C=O) groups is 2. The summed E-state index contributed by atoms with van der Waals surface area (Å²) in [5.41, 5.74) is 0.371. The molecule has 2 aromatic rings. The van der Waals surface area contributed by atoms with Crippen LogP contribution in [0, 0.1) is 5.82 Å². The molecule has 1 unspecified atom stereocenters. The van der Waals surface area contributed by atoms with Gasteiger partial charge in [-0.2, -0.15) is 0 Å². The molecule has 182 valence electrons. The van der Waals surface area contributed by atoms with E-state index in [1.807, 2.05) is 0 Å². The van der Waals surface area contributed by atoms with E-state index in [4.69, 9.17) is 4.74 Å². The van der Waals surface area contributed by atoms with Crippen LogP contribution >= 0.6 is 0 Å². The molecule has 1 aromatic heterocycles. The van der Waals surface area contributed by atoms with E-state index >= 15 is 0 Å². The van der Waals surface area contributed by atoms with Crippen LogP contribution in [0.2, 0.25) is 0 Å². The summed E-state index contributed by atoms with van der Waals surface area (Å²) in [6, 6.07) is 3.54. The zero-order valence-corrected chi connectivity index (χ0v) is 20.4. The highest BCUT2D eigenvalue weighted by Gasteiger charge is 2.41. The van der Waals surface area contributed by atoms with Crippen LogP contribution in [0.5, 0.6) is 0 Å². The molecule has 4 rings (SSSR count). The fourth-order valence-corrected chi connectivity index (χ4v) is 4.66. The van der Waals surface area contributed by atoms with Crippen LogP contribution in [-0.2, 0) is 21.1 Å². The van der Waals surface area contributed by atoms with Gasteiger partial charge in [0.1, 0.15) is 17.2 Å². The smallest absolute Gasteiger partial charge is 0.414 e. The lowest BCUT2D eigenvalue weighted by Gasteiger charge is -2.43. The lowest BCUT2D eigenvalue weighted by atomic mass is 9.94. The first-order valence-electron chi connectivity index (χ1n) is 10.7. The summed E-state index contributed by atoms with van der Waals surface area (Å²) in [6.45, 7) is 5.46. The lowest BCUT2D eigenvalue weighted by molar-refractivity contribution is 0.0570. The Morgan fingerprint density at radius 1 is 1.26 bits per heavy atom. The second kappa shape index (κ2) is 8.19. The second-order valence-electron chi connectivity index (χ2n) is 9.36. The number of sulfone groups is 1. The van der Waals surface area contributed by atoms with E-state index in [1.165, 1.54) is 35.2 Å². The summed E-state index contributed by atoms with van der Waals surface area (Å²) in [6.07, 6.45) is 2.07. The third kappa shape index (κ3) is 4.29. The Kier molecular flexibility index (Phi) is 5.75. The maximum Gasteiger partial charge on any atom is 0.414 e. The maximum absolute atomic E-state index is 15.0. The van der Waals surface area contributed by atoms with Gasteiger partial charge >= 0.3 is 12.1 Å². The Labute approximate surface area is 197 Å². The minimum Gasteiger partial charge on any atom is -0.443 e. The number of rotatable bonds is 2. The van der Waals surface area contributed by atoms with Crippen LogP contribution in [-0.4, -0.2) is 60.9 Å². The number of fused-ring (bicyclic) bond motifs is 2. The van der Waals surface area contributed by atoms with Crippen molar-refractivity contribution in [2.24, 2.45) is 0 Å². The highest BCUT2D eigenvalue weighted by molar-refractivity contribution is 7.90. The average molecular weight is 492 g/mol. The molecule has 2 aliphatic rings. The van der Waals surface area contributed by atoms with E-state index < -0.39 is 39.4 Å². The van der Waals surface area contributed by atoms with Crippen molar-refractivity contribution in [2.45, 2.75) is 50.5 Å². The number of aromatic nitrogens is 2. The minimum atomic E-state index is -3.65. The first-order valence-corrected chi connectivity index (χ1v) is 12.6. The molecule has 12 heteroatoms. The summed E-state index contributed by atoms with van der Waals surface area (Å²) >= 11 is 0. The van der Waals surface area contributed by atoms with E-state index in [1.54, 1.807) is 31.7 Å². The van der Waals surface area contributed by atoms with Gasteiger partial charge in [-0.25, -0.2) is 32.4 Å². The SMILES string of the molecule is CN1C(=O)N(C2CCN(C(=O)OC(C)(C)C)c3c(F)cccc32)Cc2cnc(S(C)(=O)=O)nc21.